The van der Waals surface area contributed by atoms with Crippen LogP contribution in [0.25, 0.3) is 0 Å². The van der Waals surface area contributed by atoms with E-state index in [1.54, 1.807) is 6.08 Å². The molecule has 0 bridgehead atoms. The van der Waals surface area contributed by atoms with Crippen molar-refractivity contribution < 1.29 is 14.3 Å². The molecule has 0 aliphatic carbocycles. The Kier molecular flexibility index (Phi) is 4.05. The monoisotopic (exact) mass is 221 g/mol. The van der Waals surface area contributed by atoms with Gasteiger partial charge in [0, 0.05) is 12.1 Å². The van der Waals surface area contributed by atoms with Gasteiger partial charge in [0.2, 0.25) is 0 Å². The Labute approximate surface area is 94.9 Å². The van der Waals surface area contributed by atoms with Crippen LogP contribution in [0, 0.1) is 6.92 Å². The fourth-order valence-corrected chi connectivity index (χ4v) is 1.47. The van der Waals surface area contributed by atoms with Gasteiger partial charge in [0.15, 0.2) is 11.4 Å². The van der Waals surface area contributed by atoms with Gasteiger partial charge in [-0.3, -0.25) is 0 Å². The molecule has 0 aromatic carbocycles. The topological polar surface area (TPSA) is 48.4 Å². The Bertz CT molecular complexity index is 413. The van der Waals surface area contributed by atoms with E-state index < -0.39 is 5.97 Å². The maximum atomic E-state index is 11.5. The number of carbonyl (C=O) groups excluding carboxylic acids is 1. The second-order valence-corrected chi connectivity index (χ2v) is 3.30. The van der Waals surface area contributed by atoms with E-state index in [1.165, 1.54) is 14.2 Å². The third-order valence-electron chi connectivity index (χ3n) is 2.15. The smallest absolute Gasteiger partial charge is 0.360 e. The average molecular weight is 221 g/mol. The third-order valence-corrected chi connectivity index (χ3v) is 2.15. The minimum atomic E-state index is -0.495. The highest BCUT2D eigenvalue weighted by molar-refractivity contribution is 5.90. The third kappa shape index (κ3) is 2.39. The molecule has 0 aliphatic rings. The van der Waals surface area contributed by atoms with E-state index >= 15 is 0 Å². The summed E-state index contributed by atoms with van der Waals surface area (Å²) in [5.41, 5.74) is 1.84. The van der Waals surface area contributed by atoms with Crippen molar-refractivity contribution in [3.8, 4) is 5.75 Å². The molecule has 1 rings (SSSR count). The molecular formula is C12H15NO3. The van der Waals surface area contributed by atoms with E-state index in [9.17, 15) is 4.79 Å². The van der Waals surface area contributed by atoms with Crippen LogP contribution in [0.4, 0.5) is 0 Å². The summed E-state index contributed by atoms with van der Waals surface area (Å²) in [5, 5.41) is 0. The van der Waals surface area contributed by atoms with Crippen LogP contribution in [-0.4, -0.2) is 25.2 Å². The normalized spacial score (nSPS) is 9.69. The fourth-order valence-electron chi connectivity index (χ4n) is 1.47. The molecule has 0 unspecified atom stereocenters. The maximum absolute atomic E-state index is 11.5. The van der Waals surface area contributed by atoms with Gasteiger partial charge in [-0.25, -0.2) is 9.78 Å². The summed E-state index contributed by atoms with van der Waals surface area (Å²) in [4.78, 5) is 15.7. The number of allylic oxidation sites excluding steroid dienone is 1. The van der Waals surface area contributed by atoms with Crippen LogP contribution in [0.2, 0.25) is 0 Å². The van der Waals surface area contributed by atoms with Crippen molar-refractivity contribution in [1.82, 2.24) is 4.98 Å². The molecule has 1 aromatic rings. The molecule has 0 fully saturated rings. The number of hydrogen-bond acceptors (Lipinski definition) is 4. The molecule has 16 heavy (non-hydrogen) atoms. The summed E-state index contributed by atoms with van der Waals surface area (Å²) < 4.78 is 9.80. The SMILES string of the molecule is C=CCc1cc(C)c(OC)c(C(=O)OC)n1. The van der Waals surface area contributed by atoms with E-state index in [-0.39, 0.29) is 5.69 Å². The molecular weight excluding hydrogens is 206 g/mol. The molecule has 0 radical (unpaired) electrons. The highest BCUT2D eigenvalue weighted by Gasteiger charge is 2.17. The van der Waals surface area contributed by atoms with Crippen molar-refractivity contribution >= 4 is 5.97 Å². The highest BCUT2D eigenvalue weighted by Crippen LogP contribution is 2.23. The largest absolute Gasteiger partial charge is 0.494 e. The molecule has 0 amide bonds. The van der Waals surface area contributed by atoms with Gasteiger partial charge in [0.25, 0.3) is 0 Å². The van der Waals surface area contributed by atoms with Crippen molar-refractivity contribution in [3.63, 3.8) is 0 Å². The molecule has 1 heterocycles. The maximum Gasteiger partial charge on any atom is 0.360 e. The number of hydrogen-bond donors (Lipinski definition) is 0. The van der Waals surface area contributed by atoms with E-state index in [2.05, 4.69) is 16.3 Å². The lowest BCUT2D eigenvalue weighted by Gasteiger charge is -2.10. The molecule has 86 valence electrons. The van der Waals surface area contributed by atoms with Gasteiger partial charge >= 0.3 is 5.97 Å². The second kappa shape index (κ2) is 5.30. The van der Waals surface area contributed by atoms with Crippen molar-refractivity contribution in [3.05, 3.63) is 35.7 Å². The average Bonchev–Trinajstić information content (AvgIpc) is 2.27. The molecule has 0 aliphatic heterocycles. The zero-order chi connectivity index (χ0) is 12.1. The van der Waals surface area contributed by atoms with Crippen molar-refractivity contribution in [2.75, 3.05) is 14.2 Å². The Morgan fingerprint density at radius 1 is 1.56 bits per heavy atom. The van der Waals surface area contributed by atoms with Gasteiger partial charge in [-0.1, -0.05) is 6.08 Å². The van der Waals surface area contributed by atoms with Gasteiger partial charge in [-0.2, -0.15) is 0 Å². The first-order valence-corrected chi connectivity index (χ1v) is 4.87. The molecule has 4 nitrogen and oxygen atoms in total. The number of aromatic nitrogens is 1. The summed E-state index contributed by atoms with van der Waals surface area (Å²) in [6.07, 6.45) is 2.34. The zero-order valence-corrected chi connectivity index (χ0v) is 9.74. The summed E-state index contributed by atoms with van der Waals surface area (Å²) in [6, 6.07) is 1.87. The van der Waals surface area contributed by atoms with E-state index in [0.717, 1.165) is 11.3 Å². The first kappa shape index (κ1) is 12.2. The number of aryl methyl sites for hydroxylation is 1. The summed E-state index contributed by atoms with van der Waals surface area (Å²) >= 11 is 0. The lowest BCUT2D eigenvalue weighted by Crippen LogP contribution is -2.10. The van der Waals surface area contributed by atoms with Gasteiger partial charge in [0.1, 0.15) is 0 Å². The Morgan fingerprint density at radius 2 is 2.25 bits per heavy atom. The van der Waals surface area contributed by atoms with Crippen LogP contribution in [0.3, 0.4) is 0 Å². The Balaban J connectivity index is 3.30. The Hall–Kier alpha value is -1.84. The van der Waals surface area contributed by atoms with Crippen LogP contribution in [0.1, 0.15) is 21.7 Å². The summed E-state index contributed by atoms with van der Waals surface area (Å²) in [5.74, 6) is -0.0366. The van der Waals surface area contributed by atoms with Crippen molar-refractivity contribution in [1.29, 1.82) is 0 Å². The lowest BCUT2D eigenvalue weighted by atomic mass is 10.1. The Morgan fingerprint density at radius 3 is 2.75 bits per heavy atom. The molecule has 4 heteroatoms. The number of carbonyl (C=O) groups is 1. The van der Waals surface area contributed by atoms with Gasteiger partial charge in [-0.15, -0.1) is 6.58 Å². The van der Waals surface area contributed by atoms with Crippen molar-refractivity contribution in [2.45, 2.75) is 13.3 Å². The number of pyridine rings is 1. The number of rotatable bonds is 4. The molecule has 0 saturated carbocycles. The van der Waals surface area contributed by atoms with Gasteiger partial charge in [0.05, 0.1) is 14.2 Å². The summed E-state index contributed by atoms with van der Waals surface area (Å²) in [7, 11) is 2.82. The van der Waals surface area contributed by atoms with E-state index in [0.29, 0.717) is 12.2 Å². The quantitative estimate of drug-likeness (QED) is 0.575. The predicted octanol–water partition coefficient (Wildman–Crippen LogP) is 1.91. The minimum Gasteiger partial charge on any atom is -0.494 e. The first-order valence-electron chi connectivity index (χ1n) is 4.87. The number of nitrogens with zero attached hydrogens (tertiary/aromatic N) is 1. The van der Waals surface area contributed by atoms with Gasteiger partial charge in [-0.05, 0) is 18.6 Å². The van der Waals surface area contributed by atoms with Gasteiger partial charge < -0.3 is 9.47 Å². The lowest BCUT2D eigenvalue weighted by molar-refractivity contribution is 0.0589. The first-order chi connectivity index (χ1) is 7.63. The standard InChI is InChI=1S/C12H15NO3/c1-5-6-9-7-8(2)11(15-3)10(13-9)12(14)16-4/h5,7H,1,6H2,2-4H3. The molecule has 0 saturated heterocycles. The predicted molar refractivity (Wildman–Crippen MR) is 60.8 cm³/mol. The molecule has 0 spiro atoms. The van der Waals surface area contributed by atoms with E-state index in [1.807, 2.05) is 13.0 Å². The number of methoxy groups -OCH3 is 2. The van der Waals surface area contributed by atoms with Crippen LogP contribution < -0.4 is 4.74 Å². The van der Waals surface area contributed by atoms with E-state index in [4.69, 9.17) is 4.74 Å². The zero-order valence-electron chi connectivity index (χ0n) is 9.74. The number of ether oxygens (including phenoxy) is 2. The molecule has 0 N–H and O–H groups in total. The van der Waals surface area contributed by atoms with Crippen LogP contribution in [-0.2, 0) is 11.2 Å². The minimum absolute atomic E-state index is 0.210. The van der Waals surface area contributed by atoms with Crippen LogP contribution in [0.15, 0.2) is 18.7 Å². The fraction of sp³-hybridized carbons (Fsp3) is 0.333. The summed E-state index contributed by atoms with van der Waals surface area (Å²) in [6.45, 7) is 5.50. The number of esters is 1. The highest BCUT2D eigenvalue weighted by atomic mass is 16.5. The van der Waals surface area contributed by atoms with Crippen LogP contribution >= 0.6 is 0 Å². The van der Waals surface area contributed by atoms with Crippen molar-refractivity contribution in [2.24, 2.45) is 0 Å². The second-order valence-electron chi connectivity index (χ2n) is 3.30. The molecule has 0 atom stereocenters. The van der Waals surface area contributed by atoms with Crippen LogP contribution in [0.5, 0.6) is 5.75 Å². The molecule has 1 aromatic heterocycles.